The molecule has 0 rings (SSSR count). The van der Waals surface area contributed by atoms with Crippen LogP contribution in [0.2, 0.25) is 0 Å². The average molecular weight is 184 g/mol. The molecule has 2 nitrogen and oxygen atoms in total. The number of rotatable bonds is 7. The fraction of sp³-hybridized carbons (Fsp3) is 0.818. The smallest absolute Gasteiger partial charge is 0.158 e. The summed E-state index contributed by atoms with van der Waals surface area (Å²) in [5, 5.41) is 0. The van der Waals surface area contributed by atoms with Crippen LogP contribution in [0.5, 0.6) is 0 Å². The number of hydrogen-bond acceptors (Lipinski definition) is 2. The van der Waals surface area contributed by atoms with Gasteiger partial charge in [0.2, 0.25) is 0 Å². The predicted octanol–water partition coefficient (Wildman–Crippen LogP) is 2.44. The molecule has 0 saturated heterocycles. The first kappa shape index (κ1) is 12.5. The van der Waals surface area contributed by atoms with E-state index in [0.29, 0.717) is 13.2 Å². The first-order valence-corrected chi connectivity index (χ1v) is 4.97. The summed E-state index contributed by atoms with van der Waals surface area (Å²) < 4.78 is 10.8. The van der Waals surface area contributed by atoms with Gasteiger partial charge in [0.05, 0.1) is 0 Å². The Labute approximate surface area is 81.6 Å². The highest BCUT2D eigenvalue weighted by atomic mass is 16.7. The molecule has 0 amide bonds. The maximum atomic E-state index is 5.40. The number of ether oxygens (including phenoxy) is 2. The minimum absolute atomic E-state index is 0.129. The van der Waals surface area contributed by atoms with Crippen molar-refractivity contribution < 1.29 is 9.47 Å². The summed E-state index contributed by atoms with van der Waals surface area (Å²) in [5.74, 6) is 3.01. The normalized spacial score (nSPS) is 12.8. The van der Waals surface area contributed by atoms with E-state index in [2.05, 4.69) is 12.8 Å². The summed E-state index contributed by atoms with van der Waals surface area (Å²) in [4.78, 5) is 0. The van der Waals surface area contributed by atoms with Gasteiger partial charge in [0.15, 0.2) is 6.29 Å². The summed E-state index contributed by atoms with van der Waals surface area (Å²) in [6.07, 6.45) is 7.01. The van der Waals surface area contributed by atoms with Crippen LogP contribution in [0.15, 0.2) is 0 Å². The third-order valence-corrected chi connectivity index (χ3v) is 1.91. The monoisotopic (exact) mass is 184 g/mol. The van der Waals surface area contributed by atoms with Crippen molar-refractivity contribution in [3.63, 3.8) is 0 Å². The van der Waals surface area contributed by atoms with Crippen molar-refractivity contribution in [1.29, 1.82) is 0 Å². The average Bonchev–Trinajstić information content (AvgIpc) is 2.14. The first-order chi connectivity index (χ1) is 6.28. The molecular weight excluding hydrogens is 164 g/mol. The molecule has 0 spiro atoms. The van der Waals surface area contributed by atoms with Crippen LogP contribution < -0.4 is 0 Å². The van der Waals surface area contributed by atoms with Gasteiger partial charge in [-0.25, -0.2) is 0 Å². The Hall–Kier alpha value is -0.520. The molecule has 0 fully saturated rings. The van der Waals surface area contributed by atoms with Gasteiger partial charge in [0, 0.05) is 25.6 Å². The fourth-order valence-electron chi connectivity index (χ4n) is 1.14. The lowest BCUT2D eigenvalue weighted by atomic mass is 10.0. The predicted molar refractivity (Wildman–Crippen MR) is 54.3 cm³/mol. The van der Waals surface area contributed by atoms with E-state index in [1.54, 1.807) is 0 Å². The summed E-state index contributed by atoms with van der Waals surface area (Å²) in [7, 11) is 0. The molecule has 0 radical (unpaired) electrons. The van der Waals surface area contributed by atoms with Crippen molar-refractivity contribution in [3.05, 3.63) is 0 Å². The molecule has 1 atom stereocenters. The van der Waals surface area contributed by atoms with Gasteiger partial charge in [-0.3, -0.25) is 0 Å². The van der Waals surface area contributed by atoms with Gasteiger partial charge in [-0.15, -0.1) is 12.3 Å². The van der Waals surface area contributed by atoms with Crippen LogP contribution in [0, 0.1) is 18.3 Å². The summed E-state index contributed by atoms with van der Waals surface area (Å²) in [6, 6.07) is 0. The van der Waals surface area contributed by atoms with Crippen LogP contribution in [-0.2, 0) is 9.47 Å². The lowest BCUT2D eigenvalue weighted by Crippen LogP contribution is -2.20. The molecule has 0 aromatic heterocycles. The topological polar surface area (TPSA) is 18.5 Å². The molecule has 0 aliphatic carbocycles. The van der Waals surface area contributed by atoms with Crippen LogP contribution in [0.25, 0.3) is 0 Å². The van der Waals surface area contributed by atoms with Crippen molar-refractivity contribution in [2.24, 2.45) is 5.92 Å². The molecule has 0 heterocycles. The zero-order valence-corrected chi connectivity index (χ0v) is 8.88. The maximum absolute atomic E-state index is 5.40. The largest absolute Gasteiger partial charge is 0.353 e. The Morgan fingerprint density at radius 1 is 1.15 bits per heavy atom. The van der Waals surface area contributed by atoms with E-state index in [4.69, 9.17) is 15.9 Å². The van der Waals surface area contributed by atoms with Crippen LogP contribution in [0.1, 0.15) is 33.6 Å². The summed E-state index contributed by atoms with van der Waals surface area (Å²) in [5.41, 5.74) is 0. The maximum Gasteiger partial charge on any atom is 0.158 e. The Morgan fingerprint density at radius 2 is 1.69 bits per heavy atom. The molecule has 13 heavy (non-hydrogen) atoms. The fourth-order valence-corrected chi connectivity index (χ4v) is 1.14. The van der Waals surface area contributed by atoms with E-state index >= 15 is 0 Å². The third-order valence-electron chi connectivity index (χ3n) is 1.91. The molecule has 1 unspecified atom stereocenters. The second-order valence-corrected chi connectivity index (χ2v) is 2.85. The van der Waals surface area contributed by atoms with Crippen LogP contribution in [-0.4, -0.2) is 19.5 Å². The second-order valence-electron chi connectivity index (χ2n) is 2.85. The standard InChI is InChI=1S/C11H20O2/c1-5-10(6-2)9-11(12-7-3)13-8-4/h1,10-11H,6-9H2,2-4H3. The van der Waals surface area contributed by atoms with Gasteiger partial charge < -0.3 is 9.47 Å². The SMILES string of the molecule is C#CC(CC)CC(OCC)OCC. The molecule has 0 aliphatic rings. The van der Waals surface area contributed by atoms with Gasteiger partial charge in [0.25, 0.3) is 0 Å². The van der Waals surface area contributed by atoms with Crippen LogP contribution >= 0.6 is 0 Å². The highest BCUT2D eigenvalue weighted by molar-refractivity contribution is 4.92. The molecule has 0 N–H and O–H groups in total. The summed E-state index contributed by atoms with van der Waals surface area (Å²) in [6.45, 7) is 7.35. The first-order valence-electron chi connectivity index (χ1n) is 4.97. The molecule has 0 bridgehead atoms. The van der Waals surface area contributed by atoms with Crippen LogP contribution in [0.3, 0.4) is 0 Å². The second kappa shape index (κ2) is 8.10. The van der Waals surface area contributed by atoms with Gasteiger partial charge in [-0.2, -0.15) is 0 Å². The zero-order valence-electron chi connectivity index (χ0n) is 8.88. The van der Waals surface area contributed by atoms with E-state index in [-0.39, 0.29) is 12.2 Å². The van der Waals surface area contributed by atoms with Gasteiger partial charge in [-0.05, 0) is 20.3 Å². The van der Waals surface area contributed by atoms with Crippen molar-refractivity contribution in [3.8, 4) is 12.3 Å². The van der Waals surface area contributed by atoms with Gasteiger partial charge in [0.1, 0.15) is 0 Å². The van der Waals surface area contributed by atoms with E-state index in [1.165, 1.54) is 0 Å². The Kier molecular flexibility index (Phi) is 7.77. The molecule has 76 valence electrons. The third kappa shape index (κ3) is 5.68. The molecule has 0 aromatic carbocycles. The molecular formula is C11H20O2. The van der Waals surface area contributed by atoms with Crippen molar-refractivity contribution in [2.45, 2.75) is 39.9 Å². The highest BCUT2D eigenvalue weighted by Gasteiger charge is 2.13. The molecule has 2 heteroatoms. The molecule has 0 saturated carbocycles. The van der Waals surface area contributed by atoms with E-state index in [9.17, 15) is 0 Å². The van der Waals surface area contributed by atoms with Gasteiger partial charge in [-0.1, -0.05) is 6.92 Å². The molecule has 0 aliphatic heterocycles. The number of hydrogen-bond donors (Lipinski definition) is 0. The minimum atomic E-state index is -0.129. The van der Waals surface area contributed by atoms with Crippen molar-refractivity contribution in [2.75, 3.05) is 13.2 Å². The van der Waals surface area contributed by atoms with Crippen LogP contribution in [0.4, 0.5) is 0 Å². The van der Waals surface area contributed by atoms with E-state index < -0.39 is 0 Å². The lowest BCUT2D eigenvalue weighted by Gasteiger charge is -2.19. The molecule has 0 aromatic rings. The van der Waals surface area contributed by atoms with Crippen molar-refractivity contribution in [1.82, 2.24) is 0 Å². The number of terminal acetylenes is 1. The highest BCUT2D eigenvalue weighted by Crippen LogP contribution is 2.13. The van der Waals surface area contributed by atoms with Crippen molar-refractivity contribution >= 4 is 0 Å². The minimum Gasteiger partial charge on any atom is -0.353 e. The zero-order chi connectivity index (χ0) is 10.1. The quantitative estimate of drug-likeness (QED) is 0.447. The summed E-state index contributed by atoms with van der Waals surface area (Å²) >= 11 is 0. The van der Waals surface area contributed by atoms with Gasteiger partial charge >= 0.3 is 0 Å². The lowest BCUT2D eigenvalue weighted by molar-refractivity contribution is -0.143. The van der Waals surface area contributed by atoms with E-state index in [1.807, 2.05) is 13.8 Å². The van der Waals surface area contributed by atoms with E-state index in [0.717, 1.165) is 12.8 Å². The Balaban J connectivity index is 3.85. The Bertz CT molecular complexity index is 143. The Morgan fingerprint density at radius 3 is 2.00 bits per heavy atom.